The minimum absolute atomic E-state index is 0.0709. The summed E-state index contributed by atoms with van der Waals surface area (Å²) in [6, 6.07) is 12.1. The molecule has 4 nitrogen and oxygen atoms in total. The largest absolute Gasteiger partial charge is 0.360 e. The van der Waals surface area contributed by atoms with E-state index in [1.54, 1.807) is 6.92 Å². The van der Waals surface area contributed by atoms with Crippen LogP contribution in [0.4, 0.5) is 5.69 Å². The Kier molecular flexibility index (Phi) is 6.18. The maximum atomic E-state index is 11.3. The van der Waals surface area contributed by atoms with Crippen molar-refractivity contribution < 1.29 is 4.79 Å². The van der Waals surface area contributed by atoms with E-state index in [0.717, 1.165) is 38.2 Å². The van der Waals surface area contributed by atoms with Gasteiger partial charge in [-0.3, -0.25) is 9.69 Å². The first-order valence-corrected chi connectivity index (χ1v) is 9.82. The summed E-state index contributed by atoms with van der Waals surface area (Å²) in [5.41, 5.74) is 1.61. The number of carbonyl (C=O) groups excluding carboxylic acids is 1. The monoisotopic (exact) mass is 373 g/mol. The molecule has 2 N–H and O–H groups in total. The number of nitrogens with one attached hydrogen (secondary N) is 2. The molecule has 0 atom stereocenters. The number of Topliss-reactive ketones (excluding diaryl/α,β-unsaturated/α-hetero) is 1. The van der Waals surface area contributed by atoms with E-state index in [0.29, 0.717) is 16.7 Å². The first-order chi connectivity index (χ1) is 12.1. The first-order valence-electron chi connectivity index (χ1n) is 8.53. The van der Waals surface area contributed by atoms with Gasteiger partial charge in [0.05, 0.1) is 0 Å². The average molecular weight is 374 g/mol. The molecule has 0 spiro atoms. The van der Waals surface area contributed by atoms with Crippen molar-refractivity contribution in [1.82, 2.24) is 10.2 Å². The third kappa shape index (κ3) is 5.36. The standard InChI is InChI=1S/C19H23N3OS2/c1-14(23)15-4-6-16(7-5-15)20-19(24)21-17-8-10-22(11-9-17)13-18-3-2-12-25-18/h2-7,12,17H,8-11,13H2,1H3,(H2,20,21,24). The molecule has 0 radical (unpaired) electrons. The molecule has 1 aromatic carbocycles. The van der Waals surface area contributed by atoms with E-state index in [4.69, 9.17) is 12.2 Å². The molecule has 0 amide bonds. The van der Waals surface area contributed by atoms with Crippen LogP contribution in [0.3, 0.4) is 0 Å². The lowest BCUT2D eigenvalue weighted by Crippen LogP contribution is -2.45. The van der Waals surface area contributed by atoms with E-state index in [9.17, 15) is 4.79 Å². The Hall–Kier alpha value is -1.76. The number of thiocarbonyl (C=S) groups is 1. The fourth-order valence-electron chi connectivity index (χ4n) is 3.00. The van der Waals surface area contributed by atoms with Gasteiger partial charge in [0.1, 0.15) is 0 Å². The number of ketones is 1. The van der Waals surface area contributed by atoms with Crippen LogP contribution in [0.25, 0.3) is 0 Å². The number of hydrogen-bond donors (Lipinski definition) is 2. The summed E-state index contributed by atoms with van der Waals surface area (Å²) in [4.78, 5) is 15.2. The van der Waals surface area contributed by atoms with Crippen molar-refractivity contribution in [2.45, 2.75) is 32.4 Å². The zero-order valence-electron chi connectivity index (χ0n) is 14.3. The SMILES string of the molecule is CC(=O)c1ccc(NC(=S)NC2CCN(Cc3cccs3)CC2)cc1. The van der Waals surface area contributed by atoms with Crippen molar-refractivity contribution in [3.05, 3.63) is 52.2 Å². The van der Waals surface area contributed by atoms with Crippen LogP contribution in [-0.2, 0) is 6.54 Å². The number of nitrogens with zero attached hydrogens (tertiary/aromatic N) is 1. The van der Waals surface area contributed by atoms with Gasteiger partial charge < -0.3 is 10.6 Å². The van der Waals surface area contributed by atoms with Crippen LogP contribution in [0.5, 0.6) is 0 Å². The Morgan fingerprint density at radius 2 is 1.96 bits per heavy atom. The zero-order valence-corrected chi connectivity index (χ0v) is 16.0. The Morgan fingerprint density at radius 3 is 2.56 bits per heavy atom. The predicted molar refractivity (Wildman–Crippen MR) is 108 cm³/mol. The first kappa shape index (κ1) is 18.0. The lowest BCUT2D eigenvalue weighted by Gasteiger charge is -2.32. The van der Waals surface area contributed by atoms with Gasteiger partial charge >= 0.3 is 0 Å². The van der Waals surface area contributed by atoms with Crippen molar-refractivity contribution >= 4 is 40.1 Å². The van der Waals surface area contributed by atoms with Crippen molar-refractivity contribution in [2.75, 3.05) is 18.4 Å². The minimum atomic E-state index is 0.0709. The summed E-state index contributed by atoms with van der Waals surface area (Å²) in [7, 11) is 0. The van der Waals surface area contributed by atoms with Gasteiger partial charge in [0, 0.05) is 41.8 Å². The van der Waals surface area contributed by atoms with Crippen LogP contribution in [0.2, 0.25) is 0 Å². The summed E-state index contributed by atoms with van der Waals surface area (Å²) in [5, 5.41) is 9.39. The number of thiophene rings is 1. The van der Waals surface area contributed by atoms with Gasteiger partial charge in [-0.25, -0.2) is 0 Å². The number of benzene rings is 1. The van der Waals surface area contributed by atoms with Crippen molar-refractivity contribution in [3.63, 3.8) is 0 Å². The number of carbonyl (C=O) groups is 1. The molecule has 25 heavy (non-hydrogen) atoms. The molecular weight excluding hydrogens is 350 g/mol. The van der Waals surface area contributed by atoms with Crippen LogP contribution < -0.4 is 10.6 Å². The summed E-state index contributed by atoms with van der Waals surface area (Å²) >= 11 is 7.25. The Labute approximate surface area is 158 Å². The van der Waals surface area contributed by atoms with Gasteiger partial charge in [-0.2, -0.15) is 0 Å². The molecular formula is C19H23N3OS2. The van der Waals surface area contributed by atoms with Crippen molar-refractivity contribution in [3.8, 4) is 0 Å². The molecule has 0 bridgehead atoms. The zero-order chi connectivity index (χ0) is 17.6. The number of likely N-dealkylation sites (tertiary alicyclic amines) is 1. The van der Waals surface area contributed by atoms with E-state index in [1.807, 2.05) is 35.6 Å². The van der Waals surface area contributed by atoms with Crippen LogP contribution >= 0.6 is 23.6 Å². The Bertz CT molecular complexity index is 705. The van der Waals surface area contributed by atoms with Gasteiger partial charge in [0.15, 0.2) is 10.9 Å². The maximum absolute atomic E-state index is 11.3. The third-order valence-corrected chi connectivity index (χ3v) is 5.51. The van der Waals surface area contributed by atoms with Crippen LogP contribution in [0, 0.1) is 0 Å². The highest BCUT2D eigenvalue weighted by molar-refractivity contribution is 7.80. The van der Waals surface area contributed by atoms with Gasteiger partial charge in [-0.1, -0.05) is 6.07 Å². The highest BCUT2D eigenvalue weighted by Crippen LogP contribution is 2.17. The summed E-state index contributed by atoms with van der Waals surface area (Å²) in [6.07, 6.45) is 2.19. The molecule has 0 aliphatic carbocycles. The molecule has 1 aliphatic heterocycles. The molecule has 132 valence electrons. The van der Waals surface area contributed by atoms with Crippen molar-refractivity contribution in [2.24, 2.45) is 0 Å². The fourth-order valence-corrected chi connectivity index (χ4v) is 4.03. The van der Waals surface area contributed by atoms with E-state index in [1.165, 1.54) is 4.88 Å². The maximum Gasteiger partial charge on any atom is 0.170 e. The average Bonchev–Trinajstić information content (AvgIpc) is 3.10. The second-order valence-electron chi connectivity index (χ2n) is 6.36. The van der Waals surface area contributed by atoms with Gasteiger partial charge in [-0.15, -0.1) is 11.3 Å². The van der Waals surface area contributed by atoms with E-state index in [2.05, 4.69) is 33.0 Å². The lowest BCUT2D eigenvalue weighted by molar-refractivity contribution is 0.101. The van der Waals surface area contributed by atoms with Crippen LogP contribution in [0.15, 0.2) is 41.8 Å². The van der Waals surface area contributed by atoms with Gasteiger partial charge in [-0.05, 0) is 67.7 Å². The van der Waals surface area contributed by atoms with Crippen LogP contribution in [0.1, 0.15) is 35.0 Å². The normalized spacial score (nSPS) is 15.7. The van der Waals surface area contributed by atoms with E-state index >= 15 is 0 Å². The number of anilines is 1. The number of hydrogen-bond acceptors (Lipinski definition) is 4. The fraction of sp³-hybridized carbons (Fsp3) is 0.368. The molecule has 1 saturated heterocycles. The lowest BCUT2D eigenvalue weighted by atomic mass is 10.1. The molecule has 2 heterocycles. The Balaban J connectivity index is 1.42. The number of piperidine rings is 1. The minimum Gasteiger partial charge on any atom is -0.360 e. The smallest absolute Gasteiger partial charge is 0.170 e. The quantitative estimate of drug-likeness (QED) is 0.615. The summed E-state index contributed by atoms with van der Waals surface area (Å²) in [5.74, 6) is 0.0709. The highest BCUT2D eigenvalue weighted by Gasteiger charge is 2.20. The van der Waals surface area contributed by atoms with Crippen molar-refractivity contribution in [1.29, 1.82) is 0 Å². The summed E-state index contributed by atoms with van der Waals surface area (Å²) < 4.78 is 0. The molecule has 0 unspecified atom stereocenters. The molecule has 6 heteroatoms. The predicted octanol–water partition coefficient (Wildman–Crippen LogP) is 3.90. The molecule has 1 aromatic heterocycles. The summed E-state index contributed by atoms with van der Waals surface area (Å²) in [6.45, 7) is 4.80. The Morgan fingerprint density at radius 1 is 1.24 bits per heavy atom. The highest BCUT2D eigenvalue weighted by atomic mass is 32.1. The van der Waals surface area contributed by atoms with Gasteiger partial charge in [0.25, 0.3) is 0 Å². The number of rotatable bonds is 5. The molecule has 0 saturated carbocycles. The molecule has 1 fully saturated rings. The molecule has 3 rings (SSSR count). The second kappa shape index (κ2) is 8.56. The van der Waals surface area contributed by atoms with E-state index in [-0.39, 0.29) is 5.78 Å². The topological polar surface area (TPSA) is 44.4 Å². The molecule has 2 aromatic rings. The second-order valence-corrected chi connectivity index (χ2v) is 7.80. The van der Waals surface area contributed by atoms with Gasteiger partial charge in [0.2, 0.25) is 0 Å². The van der Waals surface area contributed by atoms with Crippen LogP contribution in [-0.4, -0.2) is 34.9 Å². The third-order valence-electron chi connectivity index (χ3n) is 4.43. The van der Waals surface area contributed by atoms with E-state index < -0.39 is 0 Å². The molecule has 1 aliphatic rings.